The third-order valence-electron chi connectivity index (χ3n) is 4.25. The van der Waals surface area contributed by atoms with Crippen LogP contribution in [0.1, 0.15) is 19.8 Å². The van der Waals surface area contributed by atoms with E-state index in [9.17, 15) is 9.59 Å². The summed E-state index contributed by atoms with van der Waals surface area (Å²) >= 11 is 0. The monoisotopic (exact) mass is 283 g/mol. The lowest BCUT2D eigenvalue weighted by Crippen LogP contribution is -2.53. The van der Waals surface area contributed by atoms with Gasteiger partial charge in [0.2, 0.25) is 11.8 Å². The fourth-order valence-electron chi connectivity index (χ4n) is 2.89. The van der Waals surface area contributed by atoms with E-state index >= 15 is 0 Å². The lowest BCUT2D eigenvalue weighted by Gasteiger charge is -2.38. The molecule has 20 heavy (non-hydrogen) atoms. The summed E-state index contributed by atoms with van der Waals surface area (Å²) in [6.07, 6.45) is 1.93. The summed E-state index contributed by atoms with van der Waals surface area (Å²) in [6.45, 7) is 6.12. The van der Waals surface area contributed by atoms with Crippen LogP contribution in [0.25, 0.3) is 0 Å². The summed E-state index contributed by atoms with van der Waals surface area (Å²) in [5, 5.41) is 2.63. The zero-order chi connectivity index (χ0) is 14.5. The largest absolute Gasteiger partial charge is 0.378 e. The Morgan fingerprint density at radius 2 is 1.95 bits per heavy atom. The van der Waals surface area contributed by atoms with Crippen molar-refractivity contribution in [1.82, 2.24) is 15.1 Å². The highest BCUT2D eigenvalue weighted by molar-refractivity contribution is 5.80. The summed E-state index contributed by atoms with van der Waals surface area (Å²) in [5.41, 5.74) is 0. The standard InChI is InChI=1S/C14H25N3O3/c1-11-12(4-3-9-20-11)14(19)17-7-5-16(6-8-17)10-13(18)15-2/h11-12H,3-10H2,1-2H3,(H,15,18)/t11-,12-/m1/s1. The molecule has 2 amide bonds. The first-order chi connectivity index (χ1) is 9.61. The van der Waals surface area contributed by atoms with Crippen molar-refractivity contribution in [1.29, 1.82) is 0 Å². The van der Waals surface area contributed by atoms with Gasteiger partial charge < -0.3 is 15.0 Å². The van der Waals surface area contributed by atoms with E-state index in [-0.39, 0.29) is 23.8 Å². The molecule has 2 fully saturated rings. The third kappa shape index (κ3) is 3.70. The summed E-state index contributed by atoms with van der Waals surface area (Å²) in [5.74, 6) is 0.255. The van der Waals surface area contributed by atoms with E-state index in [1.165, 1.54) is 0 Å². The number of amides is 2. The fourth-order valence-corrected chi connectivity index (χ4v) is 2.89. The number of nitrogens with zero attached hydrogens (tertiary/aromatic N) is 2. The molecule has 2 saturated heterocycles. The summed E-state index contributed by atoms with van der Waals surface area (Å²) < 4.78 is 5.58. The van der Waals surface area contributed by atoms with Gasteiger partial charge in [0.25, 0.3) is 0 Å². The lowest BCUT2D eigenvalue weighted by atomic mass is 9.93. The van der Waals surface area contributed by atoms with Gasteiger partial charge in [-0.15, -0.1) is 0 Å². The maximum absolute atomic E-state index is 12.5. The molecule has 0 bridgehead atoms. The quantitative estimate of drug-likeness (QED) is 0.772. The van der Waals surface area contributed by atoms with Crippen LogP contribution >= 0.6 is 0 Å². The van der Waals surface area contributed by atoms with Gasteiger partial charge in [0.05, 0.1) is 18.6 Å². The molecule has 2 heterocycles. The minimum absolute atomic E-state index is 0.00856. The van der Waals surface area contributed by atoms with Crippen LogP contribution in [-0.2, 0) is 14.3 Å². The average Bonchev–Trinajstić information content (AvgIpc) is 2.47. The predicted molar refractivity (Wildman–Crippen MR) is 75.2 cm³/mol. The Labute approximate surface area is 120 Å². The number of hydrogen-bond acceptors (Lipinski definition) is 4. The molecule has 0 aromatic rings. The van der Waals surface area contributed by atoms with Crippen LogP contribution in [0.15, 0.2) is 0 Å². The molecule has 6 nitrogen and oxygen atoms in total. The van der Waals surface area contributed by atoms with Crippen LogP contribution in [0.3, 0.4) is 0 Å². The Morgan fingerprint density at radius 3 is 2.55 bits per heavy atom. The molecule has 2 atom stereocenters. The maximum atomic E-state index is 12.5. The van der Waals surface area contributed by atoms with Crippen molar-refractivity contribution in [3.05, 3.63) is 0 Å². The molecule has 0 spiro atoms. The Hall–Kier alpha value is -1.14. The number of piperazine rings is 1. The molecule has 0 saturated carbocycles. The molecule has 0 aromatic heterocycles. The lowest BCUT2D eigenvalue weighted by molar-refractivity contribution is -0.145. The second-order valence-electron chi connectivity index (χ2n) is 5.60. The summed E-state index contributed by atoms with van der Waals surface area (Å²) in [6, 6.07) is 0. The Balaban J connectivity index is 1.80. The van der Waals surface area contributed by atoms with Crippen LogP contribution < -0.4 is 5.32 Å². The Kier molecular flexibility index (Phi) is 5.37. The fraction of sp³-hybridized carbons (Fsp3) is 0.857. The van der Waals surface area contributed by atoms with Gasteiger partial charge in [0, 0.05) is 39.8 Å². The van der Waals surface area contributed by atoms with Crippen LogP contribution in [0.2, 0.25) is 0 Å². The number of carbonyl (C=O) groups excluding carboxylic acids is 2. The van der Waals surface area contributed by atoms with Crippen molar-refractivity contribution in [3.63, 3.8) is 0 Å². The highest BCUT2D eigenvalue weighted by Crippen LogP contribution is 2.23. The molecule has 6 heteroatoms. The number of likely N-dealkylation sites (N-methyl/N-ethyl adjacent to an activating group) is 1. The molecule has 2 aliphatic heterocycles. The van der Waals surface area contributed by atoms with Crippen LogP contribution in [0, 0.1) is 5.92 Å². The number of nitrogens with one attached hydrogen (secondary N) is 1. The summed E-state index contributed by atoms with van der Waals surface area (Å²) in [4.78, 5) is 27.8. The first-order valence-corrected chi connectivity index (χ1v) is 7.45. The number of hydrogen-bond donors (Lipinski definition) is 1. The van der Waals surface area contributed by atoms with Crippen LogP contribution in [0.5, 0.6) is 0 Å². The molecule has 114 valence electrons. The first-order valence-electron chi connectivity index (χ1n) is 7.45. The second-order valence-corrected chi connectivity index (χ2v) is 5.60. The molecule has 0 radical (unpaired) electrons. The first kappa shape index (κ1) is 15.3. The number of rotatable bonds is 3. The average molecular weight is 283 g/mol. The van der Waals surface area contributed by atoms with Crippen molar-refractivity contribution in [2.24, 2.45) is 5.92 Å². The normalized spacial score (nSPS) is 28.2. The van der Waals surface area contributed by atoms with Gasteiger partial charge in [-0.2, -0.15) is 0 Å². The molecule has 0 aromatic carbocycles. The zero-order valence-corrected chi connectivity index (χ0v) is 12.4. The highest BCUT2D eigenvalue weighted by atomic mass is 16.5. The Bertz CT molecular complexity index is 354. The SMILES string of the molecule is CNC(=O)CN1CCN(C(=O)[C@@H]2CCCO[C@@H]2C)CC1. The van der Waals surface area contributed by atoms with E-state index in [0.29, 0.717) is 19.6 Å². The molecule has 2 rings (SSSR count). The van der Waals surface area contributed by atoms with Gasteiger partial charge in [-0.3, -0.25) is 14.5 Å². The van der Waals surface area contributed by atoms with E-state index < -0.39 is 0 Å². The number of carbonyl (C=O) groups is 2. The molecule has 0 unspecified atom stereocenters. The van der Waals surface area contributed by atoms with Crippen molar-refractivity contribution < 1.29 is 14.3 Å². The van der Waals surface area contributed by atoms with Gasteiger partial charge in [-0.05, 0) is 19.8 Å². The number of ether oxygens (including phenoxy) is 1. The molecule has 2 aliphatic rings. The van der Waals surface area contributed by atoms with E-state index in [4.69, 9.17) is 4.74 Å². The van der Waals surface area contributed by atoms with Gasteiger partial charge in [0.1, 0.15) is 0 Å². The zero-order valence-electron chi connectivity index (χ0n) is 12.4. The maximum Gasteiger partial charge on any atom is 0.233 e. The van der Waals surface area contributed by atoms with E-state index in [1.54, 1.807) is 7.05 Å². The summed E-state index contributed by atoms with van der Waals surface area (Å²) in [7, 11) is 1.65. The second kappa shape index (κ2) is 7.04. The molecular formula is C14H25N3O3. The van der Waals surface area contributed by atoms with E-state index in [2.05, 4.69) is 10.2 Å². The van der Waals surface area contributed by atoms with Gasteiger partial charge in [0.15, 0.2) is 0 Å². The third-order valence-corrected chi connectivity index (χ3v) is 4.25. The van der Waals surface area contributed by atoms with Crippen molar-refractivity contribution in [2.45, 2.75) is 25.9 Å². The van der Waals surface area contributed by atoms with Crippen molar-refractivity contribution in [3.8, 4) is 0 Å². The van der Waals surface area contributed by atoms with Gasteiger partial charge in [-0.25, -0.2) is 0 Å². The Morgan fingerprint density at radius 1 is 1.25 bits per heavy atom. The molecular weight excluding hydrogens is 258 g/mol. The molecule has 0 aliphatic carbocycles. The van der Waals surface area contributed by atoms with Gasteiger partial charge in [-0.1, -0.05) is 0 Å². The van der Waals surface area contributed by atoms with Crippen LogP contribution in [-0.4, -0.2) is 74.1 Å². The highest BCUT2D eigenvalue weighted by Gasteiger charge is 2.33. The van der Waals surface area contributed by atoms with Crippen molar-refractivity contribution in [2.75, 3.05) is 46.4 Å². The smallest absolute Gasteiger partial charge is 0.233 e. The van der Waals surface area contributed by atoms with E-state index in [0.717, 1.165) is 32.5 Å². The topological polar surface area (TPSA) is 61.9 Å². The predicted octanol–water partition coefficient (Wildman–Crippen LogP) is -0.308. The van der Waals surface area contributed by atoms with Crippen LogP contribution in [0.4, 0.5) is 0 Å². The van der Waals surface area contributed by atoms with Crippen molar-refractivity contribution >= 4 is 11.8 Å². The van der Waals surface area contributed by atoms with Gasteiger partial charge >= 0.3 is 0 Å². The minimum atomic E-state index is 0.00856. The minimum Gasteiger partial charge on any atom is -0.378 e. The van der Waals surface area contributed by atoms with E-state index in [1.807, 2.05) is 11.8 Å². The molecule has 1 N–H and O–H groups in total.